The number of carbonyl (C=O) groups is 4. The average molecular weight is 943 g/mol. The van der Waals surface area contributed by atoms with Gasteiger partial charge in [-0.3, -0.25) is 19.2 Å². The molecule has 0 radical (unpaired) electrons. The van der Waals surface area contributed by atoms with Crippen LogP contribution in [0, 0.1) is 5.92 Å². The molecular formula is C55H58N6O7Si. The standard InChI is InChI=1S/C55H58N6O7Si/c1-36-53(69(3,4)44-23-21-43(67-2)22-24-44)49(33-52(65)58-30-12-19-42(58)35-62)68-55(36)45-32-41(61-51(64)29-26-47(57-61)39-16-9-6-10-17-39)20-27-48(45)59(54(55)66)34-37-13-11-18-40(31-37)60-50(63)28-25-46(56-60)38-14-7-5-8-15-38/h5-11,13-18,20-24,27,31-32,36,42,49,53,62H,12,19,25-26,28-30,33-35H2,1-4H3/t36-,42-,49+,53-,55+/m0/s1. The van der Waals surface area contributed by atoms with E-state index in [0.29, 0.717) is 48.4 Å². The van der Waals surface area contributed by atoms with Gasteiger partial charge in [0.2, 0.25) is 17.7 Å². The molecule has 14 heteroatoms. The fraction of sp³-hybridized carbons (Fsp3) is 0.345. The van der Waals surface area contributed by atoms with Gasteiger partial charge in [-0.05, 0) is 77.5 Å². The van der Waals surface area contributed by atoms with Gasteiger partial charge in [0.15, 0.2) is 5.60 Å². The number of carbonyl (C=O) groups excluding carboxylic acids is 4. The molecule has 354 valence electrons. The van der Waals surface area contributed by atoms with Gasteiger partial charge < -0.3 is 24.4 Å². The molecule has 5 aromatic rings. The zero-order valence-corrected chi connectivity index (χ0v) is 40.6. The molecule has 1 N–H and O–H groups in total. The highest BCUT2D eigenvalue weighted by atomic mass is 28.3. The normalized spacial score (nSPS) is 23.7. The molecule has 5 heterocycles. The minimum Gasteiger partial charge on any atom is -0.497 e. The Labute approximate surface area is 404 Å². The molecule has 0 saturated carbocycles. The highest BCUT2D eigenvalue weighted by molar-refractivity contribution is 6.91. The summed E-state index contributed by atoms with van der Waals surface area (Å²) in [5.74, 6) is -0.359. The van der Waals surface area contributed by atoms with E-state index in [4.69, 9.17) is 19.7 Å². The van der Waals surface area contributed by atoms with E-state index < -0.39 is 25.7 Å². The SMILES string of the molecule is COc1ccc([Si](C)(C)[C@@H]2[C@@H](CC(=O)N3CCC[C@H]3CO)O[C@]3(C(=O)N(Cc4cccc(N5N=C(c6ccccc6)CCC5=O)c4)c4ccc(N5N=C(c6ccccc6)CCC5=O)cc43)[C@H]2C)cc1. The quantitative estimate of drug-likeness (QED) is 0.125. The molecule has 4 amide bonds. The van der Waals surface area contributed by atoms with E-state index in [0.717, 1.165) is 51.9 Å². The smallest absolute Gasteiger partial charge is 0.264 e. The second-order valence-corrected chi connectivity index (χ2v) is 24.1. The Morgan fingerprint density at radius 3 is 2.01 bits per heavy atom. The summed E-state index contributed by atoms with van der Waals surface area (Å²) >= 11 is 0. The first-order valence-electron chi connectivity index (χ1n) is 24.1. The summed E-state index contributed by atoms with van der Waals surface area (Å²) in [6, 6.07) is 40.7. The van der Waals surface area contributed by atoms with E-state index in [1.54, 1.807) is 16.9 Å². The Morgan fingerprint density at radius 2 is 1.41 bits per heavy atom. The third kappa shape index (κ3) is 8.27. The van der Waals surface area contributed by atoms with Gasteiger partial charge in [0.05, 0.1) is 75.4 Å². The first-order valence-corrected chi connectivity index (χ1v) is 27.2. The molecule has 10 rings (SSSR count). The zero-order chi connectivity index (χ0) is 48.0. The Kier molecular flexibility index (Phi) is 12.4. The minimum atomic E-state index is -2.66. The molecule has 2 saturated heterocycles. The maximum Gasteiger partial charge on any atom is 0.264 e. The van der Waals surface area contributed by atoms with Gasteiger partial charge in [0.1, 0.15) is 5.75 Å². The van der Waals surface area contributed by atoms with Crippen LogP contribution in [0.1, 0.15) is 74.1 Å². The number of amides is 4. The molecule has 5 aliphatic rings. The van der Waals surface area contributed by atoms with Crippen LogP contribution in [0.4, 0.5) is 17.1 Å². The number of likely N-dealkylation sites (tertiary alicyclic amines) is 1. The largest absolute Gasteiger partial charge is 0.497 e. The average Bonchev–Trinajstić information content (AvgIpc) is 4.05. The highest BCUT2D eigenvalue weighted by Crippen LogP contribution is 2.61. The van der Waals surface area contributed by atoms with Crippen molar-refractivity contribution >= 4 is 65.4 Å². The summed E-state index contributed by atoms with van der Waals surface area (Å²) < 4.78 is 13.0. The van der Waals surface area contributed by atoms with Crippen LogP contribution in [-0.2, 0) is 36.1 Å². The number of aliphatic hydroxyl groups excluding tert-OH is 1. The van der Waals surface area contributed by atoms with Crippen molar-refractivity contribution < 1.29 is 33.8 Å². The number of hydrogen-bond acceptors (Lipinski definition) is 9. The van der Waals surface area contributed by atoms with E-state index in [9.17, 15) is 19.5 Å². The fourth-order valence-corrected chi connectivity index (χ4v) is 15.6. The van der Waals surface area contributed by atoms with E-state index in [1.807, 2.05) is 115 Å². The Morgan fingerprint density at radius 1 is 0.783 bits per heavy atom. The Bertz CT molecular complexity index is 2860. The number of ether oxygens (including phenoxy) is 2. The van der Waals surface area contributed by atoms with E-state index in [2.05, 4.69) is 32.2 Å². The molecular weight excluding hydrogens is 885 g/mol. The first kappa shape index (κ1) is 46.0. The number of fused-ring (bicyclic) bond motifs is 2. The van der Waals surface area contributed by atoms with Crippen molar-refractivity contribution in [2.24, 2.45) is 16.1 Å². The summed E-state index contributed by atoms with van der Waals surface area (Å²) in [6.07, 6.45) is 2.51. The summed E-state index contributed by atoms with van der Waals surface area (Å²) in [6.45, 7) is 7.22. The fourth-order valence-electron chi connectivity index (χ4n) is 11.6. The second-order valence-electron chi connectivity index (χ2n) is 19.4. The van der Waals surface area contributed by atoms with Gasteiger partial charge in [-0.1, -0.05) is 110 Å². The lowest BCUT2D eigenvalue weighted by Crippen LogP contribution is -2.52. The lowest BCUT2D eigenvalue weighted by atomic mass is 9.82. The van der Waals surface area contributed by atoms with Crippen molar-refractivity contribution in [2.45, 2.75) is 94.8 Å². The van der Waals surface area contributed by atoms with Crippen molar-refractivity contribution in [3.8, 4) is 5.75 Å². The van der Waals surface area contributed by atoms with Crippen molar-refractivity contribution in [3.63, 3.8) is 0 Å². The van der Waals surface area contributed by atoms with Crippen LogP contribution in [0.15, 0.2) is 138 Å². The van der Waals surface area contributed by atoms with Gasteiger partial charge in [0.25, 0.3) is 5.91 Å². The molecule has 69 heavy (non-hydrogen) atoms. The second kappa shape index (κ2) is 18.6. The van der Waals surface area contributed by atoms with Crippen LogP contribution >= 0.6 is 0 Å². The molecule has 1 spiro atoms. The monoisotopic (exact) mass is 942 g/mol. The number of nitrogens with zero attached hydrogens (tertiary/aromatic N) is 6. The van der Waals surface area contributed by atoms with Gasteiger partial charge >= 0.3 is 0 Å². The van der Waals surface area contributed by atoms with Crippen LogP contribution in [0.2, 0.25) is 18.6 Å². The van der Waals surface area contributed by atoms with Crippen LogP contribution < -0.4 is 24.8 Å². The zero-order valence-electron chi connectivity index (χ0n) is 39.6. The van der Waals surface area contributed by atoms with Crippen molar-refractivity contribution in [1.29, 1.82) is 0 Å². The third-order valence-corrected chi connectivity index (χ3v) is 19.5. The number of methoxy groups -OCH3 is 1. The number of hydrazone groups is 2. The molecule has 13 nitrogen and oxygen atoms in total. The van der Waals surface area contributed by atoms with E-state index in [1.165, 1.54) is 10.0 Å². The topological polar surface area (TPSA) is 145 Å². The molecule has 5 aromatic carbocycles. The summed E-state index contributed by atoms with van der Waals surface area (Å²) in [4.78, 5) is 61.3. The minimum absolute atomic E-state index is 0.0366. The van der Waals surface area contributed by atoms with Crippen LogP contribution in [0.3, 0.4) is 0 Å². The molecule has 0 bridgehead atoms. The third-order valence-electron chi connectivity index (χ3n) is 15.1. The first-order chi connectivity index (χ1) is 33.4. The molecule has 0 aromatic heterocycles. The maximum absolute atomic E-state index is 16.0. The summed E-state index contributed by atoms with van der Waals surface area (Å²) in [7, 11) is -1.01. The van der Waals surface area contributed by atoms with Crippen molar-refractivity contribution in [1.82, 2.24) is 4.90 Å². The predicted octanol–water partition coefficient (Wildman–Crippen LogP) is 7.89. The van der Waals surface area contributed by atoms with Crippen LogP contribution in [0.25, 0.3) is 0 Å². The molecule has 2 fully saturated rings. The van der Waals surface area contributed by atoms with Gasteiger partial charge in [-0.25, -0.2) is 10.0 Å². The predicted molar refractivity (Wildman–Crippen MR) is 269 cm³/mol. The van der Waals surface area contributed by atoms with E-state index in [-0.39, 0.29) is 61.2 Å². The number of rotatable bonds is 12. The molecule has 5 atom stereocenters. The summed E-state index contributed by atoms with van der Waals surface area (Å²) in [5, 5.41) is 24.1. The van der Waals surface area contributed by atoms with E-state index >= 15 is 4.79 Å². The number of benzene rings is 5. The van der Waals surface area contributed by atoms with Crippen LogP contribution in [-0.4, -0.2) is 85.5 Å². The Hall–Kier alpha value is -6.74. The summed E-state index contributed by atoms with van der Waals surface area (Å²) in [5.41, 5.74) is 4.82. The lowest BCUT2D eigenvalue weighted by molar-refractivity contribution is -0.150. The maximum atomic E-state index is 16.0. The van der Waals surface area contributed by atoms with Gasteiger partial charge in [-0.15, -0.1) is 0 Å². The number of anilines is 3. The number of aliphatic hydroxyl groups is 1. The molecule has 5 aliphatic heterocycles. The van der Waals surface area contributed by atoms with Crippen molar-refractivity contribution in [2.75, 3.05) is 35.2 Å². The Balaban J connectivity index is 1.08. The van der Waals surface area contributed by atoms with Crippen molar-refractivity contribution in [3.05, 3.63) is 150 Å². The highest BCUT2D eigenvalue weighted by Gasteiger charge is 2.67. The molecule has 0 unspecified atom stereocenters. The van der Waals surface area contributed by atoms with Gasteiger partial charge in [0, 0.05) is 43.7 Å². The van der Waals surface area contributed by atoms with Crippen LogP contribution in [0.5, 0.6) is 5.75 Å². The number of hydrogen-bond donors (Lipinski definition) is 1. The van der Waals surface area contributed by atoms with Gasteiger partial charge in [-0.2, -0.15) is 10.2 Å². The lowest BCUT2D eigenvalue weighted by Gasteiger charge is -2.37. The molecule has 0 aliphatic carbocycles.